The Balaban J connectivity index is 3.02. The number of pyridine rings is 1. The quantitative estimate of drug-likeness (QED) is 0.644. The van der Waals surface area contributed by atoms with Crippen molar-refractivity contribution < 1.29 is 0 Å². The molecule has 0 amide bonds. The zero-order valence-electron chi connectivity index (χ0n) is 6.62. The largest absolute Gasteiger partial charge is 0.317 e. The molecule has 2 heteroatoms. The molecule has 0 aliphatic rings. The van der Waals surface area contributed by atoms with Crippen LogP contribution in [-0.2, 0) is 5.54 Å². The molecule has 58 valence electrons. The molecule has 2 N–H and O–H groups in total. The Morgan fingerprint density at radius 3 is 2.82 bits per heavy atom. The summed E-state index contributed by atoms with van der Waals surface area (Å²) in [5, 5.41) is 0. The van der Waals surface area contributed by atoms with Crippen LogP contribution in [0, 0.1) is 0 Å². The summed E-state index contributed by atoms with van der Waals surface area (Å²) in [6.07, 6.45) is 3.42. The lowest BCUT2D eigenvalue weighted by molar-refractivity contribution is 0.608. The van der Waals surface area contributed by atoms with E-state index in [9.17, 15) is 0 Å². The molecule has 1 heterocycles. The Kier molecular flexibility index (Phi) is 2.06. The molecule has 1 aromatic rings. The number of nitrogens with two attached hydrogens (primary N) is 1. The summed E-state index contributed by atoms with van der Waals surface area (Å²) in [7, 11) is 0. The second kappa shape index (κ2) is 2.84. The van der Waals surface area contributed by atoms with E-state index < -0.39 is 5.54 Å². The first-order chi connectivity index (χ1) is 5.17. The van der Waals surface area contributed by atoms with Crippen LogP contribution in [-0.4, -0.2) is 4.98 Å². The van der Waals surface area contributed by atoms with Crippen LogP contribution in [0.3, 0.4) is 0 Å². The zero-order valence-corrected chi connectivity index (χ0v) is 6.62. The van der Waals surface area contributed by atoms with Gasteiger partial charge in [0, 0.05) is 6.20 Å². The lowest BCUT2D eigenvalue weighted by Gasteiger charge is -2.18. The molecule has 0 saturated heterocycles. The van der Waals surface area contributed by atoms with Gasteiger partial charge in [-0.05, 0) is 19.1 Å². The van der Waals surface area contributed by atoms with E-state index >= 15 is 0 Å². The van der Waals surface area contributed by atoms with Crippen molar-refractivity contribution in [3.05, 3.63) is 42.7 Å². The van der Waals surface area contributed by atoms with E-state index in [0.29, 0.717) is 0 Å². The smallest absolute Gasteiger partial charge is 0.0737 e. The molecule has 11 heavy (non-hydrogen) atoms. The van der Waals surface area contributed by atoms with Crippen LogP contribution >= 0.6 is 0 Å². The van der Waals surface area contributed by atoms with E-state index in [0.717, 1.165) is 5.69 Å². The molecule has 0 aliphatic carbocycles. The Morgan fingerprint density at radius 1 is 1.64 bits per heavy atom. The first-order valence-electron chi connectivity index (χ1n) is 3.51. The normalized spacial score (nSPS) is 15.5. The van der Waals surface area contributed by atoms with Crippen molar-refractivity contribution in [1.82, 2.24) is 4.98 Å². The zero-order chi connectivity index (χ0) is 8.32. The van der Waals surface area contributed by atoms with Crippen LogP contribution in [0.25, 0.3) is 0 Å². The van der Waals surface area contributed by atoms with Gasteiger partial charge in [0.25, 0.3) is 0 Å². The van der Waals surface area contributed by atoms with Gasteiger partial charge in [0.2, 0.25) is 0 Å². The van der Waals surface area contributed by atoms with E-state index in [-0.39, 0.29) is 0 Å². The predicted octanol–water partition coefficient (Wildman–Crippen LogP) is 1.44. The van der Waals surface area contributed by atoms with Crippen molar-refractivity contribution in [2.75, 3.05) is 0 Å². The van der Waals surface area contributed by atoms with Gasteiger partial charge >= 0.3 is 0 Å². The maximum Gasteiger partial charge on any atom is 0.0737 e. The van der Waals surface area contributed by atoms with Crippen molar-refractivity contribution >= 4 is 0 Å². The van der Waals surface area contributed by atoms with E-state index in [1.54, 1.807) is 12.3 Å². The van der Waals surface area contributed by atoms with Gasteiger partial charge in [-0.2, -0.15) is 0 Å². The molecule has 0 aromatic carbocycles. The Hall–Kier alpha value is -1.15. The standard InChI is InChI=1S/C9H12N2/c1-3-9(2,10)8-6-4-5-7-11-8/h3-7H,1,10H2,2H3/t9-/m0/s1. The second-order valence-corrected chi connectivity index (χ2v) is 2.70. The van der Waals surface area contributed by atoms with Crippen molar-refractivity contribution in [3.63, 3.8) is 0 Å². The van der Waals surface area contributed by atoms with Gasteiger partial charge in [-0.1, -0.05) is 12.1 Å². The Morgan fingerprint density at radius 2 is 2.36 bits per heavy atom. The monoisotopic (exact) mass is 148 g/mol. The molecular weight excluding hydrogens is 136 g/mol. The highest BCUT2D eigenvalue weighted by atomic mass is 14.8. The number of aromatic nitrogens is 1. The molecule has 0 spiro atoms. The highest BCUT2D eigenvalue weighted by Crippen LogP contribution is 2.14. The third kappa shape index (κ3) is 1.65. The minimum Gasteiger partial charge on any atom is -0.317 e. The Labute approximate surface area is 66.8 Å². The molecule has 1 atom stereocenters. The summed E-state index contributed by atoms with van der Waals surface area (Å²) in [6, 6.07) is 5.67. The summed E-state index contributed by atoms with van der Waals surface area (Å²) >= 11 is 0. The molecule has 0 bridgehead atoms. The summed E-state index contributed by atoms with van der Waals surface area (Å²) in [5.41, 5.74) is 6.19. The van der Waals surface area contributed by atoms with Crippen LogP contribution in [0.1, 0.15) is 12.6 Å². The van der Waals surface area contributed by atoms with Gasteiger partial charge in [-0.15, -0.1) is 6.58 Å². The molecule has 1 aromatic heterocycles. The predicted molar refractivity (Wildman–Crippen MR) is 46.0 cm³/mol. The summed E-state index contributed by atoms with van der Waals surface area (Å²) in [5.74, 6) is 0. The fourth-order valence-corrected chi connectivity index (χ4v) is 0.786. The molecule has 0 unspecified atom stereocenters. The van der Waals surface area contributed by atoms with Gasteiger partial charge < -0.3 is 5.73 Å². The number of hydrogen-bond donors (Lipinski definition) is 1. The fraction of sp³-hybridized carbons (Fsp3) is 0.222. The molecule has 0 aliphatic heterocycles. The van der Waals surface area contributed by atoms with Gasteiger partial charge in [-0.3, -0.25) is 4.98 Å². The van der Waals surface area contributed by atoms with Crippen molar-refractivity contribution in [2.24, 2.45) is 5.73 Å². The maximum atomic E-state index is 5.86. The lowest BCUT2D eigenvalue weighted by atomic mass is 9.99. The van der Waals surface area contributed by atoms with E-state index in [1.165, 1.54) is 0 Å². The van der Waals surface area contributed by atoms with Crippen molar-refractivity contribution in [3.8, 4) is 0 Å². The molecular formula is C9H12N2. The fourth-order valence-electron chi connectivity index (χ4n) is 0.786. The molecule has 0 radical (unpaired) electrons. The minimum absolute atomic E-state index is 0.513. The Bertz CT molecular complexity index is 239. The average Bonchev–Trinajstić information content (AvgIpc) is 2.06. The third-order valence-corrected chi connectivity index (χ3v) is 1.64. The molecule has 0 saturated carbocycles. The summed E-state index contributed by atoms with van der Waals surface area (Å²) in [6.45, 7) is 5.52. The minimum atomic E-state index is -0.513. The van der Waals surface area contributed by atoms with Gasteiger partial charge in [0.05, 0.1) is 11.2 Å². The molecule has 0 fully saturated rings. The SMILES string of the molecule is C=C[C@](C)(N)c1ccccn1. The van der Waals surface area contributed by atoms with E-state index in [4.69, 9.17) is 5.73 Å². The first kappa shape index (κ1) is 7.95. The summed E-state index contributed by atoms with van der Waals surface area (Å²) < 4.78 is 0. The number of nitrogens with zero attached hydrogens (tertiary/aromatic N) is 1. The van der Waals surface area contributed by atoms with Gasteiger partial charge in [0.15, 0.2) is 0 Å². The summed E-state index contributed by atoms with van der Waals surface area (Å²) in [4.78, 5) is 4.12. The van der Waals surface area contributed by atoms with Crippen LogP contribution < -0.4 is 5.73 Å². The topological polar surface area (TPSA) is 38.9 Å². The van der Waals surface area contributed by atoms with Crippen LogP contribution in [0.4, 0.5) is 0 Å². The van der Waals surface area contributed by atoms with Gasteiger partial charge in [0.1, 0.15) is 0 Å². The maximum absolute atomic E-state index is 5.86. The van der Waals surface area contributed by atoms with Crippen LogP contribution in [0.2, 0.25) is 0 Å². The molecule has 1 rings (SSSR count). The highest BCUT2D eigenvalue weighted by molar-refractivity contribution is 5.19. The van der Waals surface area contributed by atoms with Crippen molar-refractivity contribution in [1.29, 1.82) is 0 Å². The van der Waals surface area contributed by atoms with Gasteiger partial charge in [-0.25, -0.2) is 0 Å². The van der Waals surface area contributed by atoms with E-state index in [1.807, 2.05) is 25.1 Å². The second-order valence-electron chi connectivity index (χ2n) is 2.70. The van der Waals surface area contributed by atoms with Crippen LogP contribution in [0.5, 0.6) is 0 Å². The number of rotatable bonds is 2. The average molecular weight is 148 g/mol. The lowest BCUT2D eigenvalue weighted by Crippen LogP contribution is -2.30. The first-order valence-corrected chi connectivity index (χ1v) is 3.51. The number of hydrogen-bond acceptors (Lipinski definition) is 2. The van der Waals surface area contributed by atoms with Crippen LogP contribution in [0.15, 0.2) is 37.1 Å². The molecule has 2 nitrogen and oxygen atoms in total. The van der Waals surface area contributed by atoms with E-state index in [2.05, 4.69) is 11.6 Å². The van der Waals surface area contributed by atoms with Crippen molar-refractivity contribution in [2.45, 2.75) is 12.5 Å². The highest BCUT2D eigenvalue weighted by Gasteiger charge is 2.16. The third-order valence-electron chi connectivity index (χ3n) is 1.64.